The molecule has 27 heavy (non-hydrogen) atoms. The van der Waals surface area contributed by atoms with Gasteiger partial charge in [0.1, 0.15) is 0 Å². The number of hydrogen-bond acceptors (Lipinski definition) is 2. The highest BCUT2D eigenvalue weighted by atomic mass is 27.2. The Morgan fingerprint density at radius 1 is 0.519 bits per heavy atom. The third-order valence-electron chi connectivity index (χ3n) is 5.72. The zero-order valence-electron chi connectivity index (χ0n) is 20.1. The number of rotatable bonds is 20. The Morgan fingerprint density at radius 3 is 1.04 bits per heavy atom. The molecule has 0 fully saturated rings. The van der Waals surface area contributed by atoms with Crippen LogP contribution in [0, 0.1) is 5.92 Å². The van der Waals surface area contributed by atoms with Gasteiger partial charge in [-0.1, -0.05) is 104 Å². The fraction of sp³-hybridized carbons (Fsp3) is 1.00. The van der Waals surface area contributed by atoms with E-state index in [0.29, 0.717) is 0 Å². The first-order chi connectivity index (χ1) is 13.1. The van der Waals surface area contributed by atoms with E-state index in [1.807, 2.05) is 0 Å². The van der Waals surface area contributed by atoms with Gasteiger partial charge in [0.25, 0.3) is 0 Å². The van der Waals surface area contributed by atoms with Gasteiger partial charge < -0.3 is 7.77 Å². The van der Waals surface area contributed by atoms with Gasteiger partial charge in [0.05, 0.1) is 0 Å². The van der Waals surface area contributed by atoms with Crippen molar-refractivity contribution in [2.24, 2.45) is 5.92 Å². The van der Waals surface area contributed by atoms with Crippen LogP contribution in [0.25, 0.3) is 0 Å². The van der Waals surface area contributed by atoms with Gasteiger partial charge in [-0.2, -0.15) is 0 Å². The average Bonchev–Trinajstić information content (AvgIpc) is 2.64. The van der Waals surface area contributed by atoms with Crippen LogP contribution in [0.4, 0.5) is 0 Å². The third kappa shape index (κ3) is 15.0. The highest BCUT2D eigenvalue weighted by Crippen LogP contribution is 2.18. The second-order valence-corrected chi connectivity index (χ2v) is 11.9. The molecule has 0 amide bonds. The summed E-state index contributed by atoms with van der Waals surface area (Å²) < 4.78 is 6.03. The standard InChI is InChI=1S/2C10H22N.C4H9.Al/c2*1-3-5-7-9-11-10-8-6-4-2;1-4(2)3;/h2*3-10H2,1-2H3;4H,1H2,2-3H3;/q2*-1;;+2. The van der Waals surface area contributed by atoms with Crippen molar-refractivity contribution in [2.75, 3.05) is 26.2 Å². The summed E-state index contributed by atoms with van der Waals surface area (Å²) in [4.78, 5) is 0. The van der Waals surface area contributed by atoms with E-state index >= 15 is 0 Å². The average molecular weight is 397 g/mol. The Hall–Kier alpha value is 0.452. The van der Waals surface area contributed by atoms with Gasteiger partial charge >= 0.3 is 14.6 Å². The maximum Gasteiger partial charge on any atom is 0.488 e. The largest absolute Gasteiger partial charge is 0.488 e. The molecule has 0 aromatic rings. The van der Waals surface area contributed by atoms with Gasteiger partial charge in [0, 0.05) is 0 Å². The highest BCUT2D eigenvalue weighted by Gasteiger charge is 2.34. The van der Waals surface area contributed by atoms with Crippen LogP contribution in [0.15, 0.2) is 0 Å². The molecule has 0 bridgehead atoms. The number of unbranched alkanes of at least 4 members (excludes halogenated alkanes) is 8. The minimum Gasteiger partial charge on any atom is -0.371 e. The Kier molecular flexibility index (Phi) is 20.1. The van der Waals surface area contributed by atoms with Gasteiger partial charge in [0.15, 0.2) is 0 Å². The summed E-state index contributed by atoms with van der Waals surface area (Å²) in [6.45, 7) is 19.7. The van der Waals surface area contributed by atoms with Crippen LogP contribution in [-0.2, 0) is 0 Å². The van der Waals surface area contributed by atoms with Gasteiger partial charge in [-0.05, 0) is 51.9 Å². The Bertz CT molecular complexity index is 252. The lowest BCUT2D eigenvalue weighted by atomic mass is 10.2. The van der Waals surface area contributed by atoms with Crippen LogP contribution < -0.4 is 0 Å². The molecule has 0 aromatic carbocycles. The number of hydrogen-bond donors (Lipinski definition) is 0. The first kappa shape index (κ1) is 27.5. The van der Waals surface area contributed by atoms with Gasteiger partial charge in [-0.15, -0.1) is 0 Å². The maximum absolute atomic E-state index is 3.02. The topological polar surface area (TPSA) is 6.48 Å². The summed E-state index contributed by atoms with van der Waals surface area (Å²) in [6.07, 6.45) is 16.6. The molecule has 0 aliphatic heterocycles. The lowest BCUT2D eigenvalue weighted by Gasteiger charge is -2.37. The van der Waals surface area contributed by atoms with Crippen LogP contribution in [0.3, 0.4) is 0 Å². The van der Waals surface area contributed by atoms with Crippen molar-refractivity contribution in [1.82, 2.24) is 7.77 Å². The molecule has 2 nitrogen and oxygen atoms in total. The zero-order chi connectivity index (χ0) is 20.3. The molecular formula is C24H53AlN2. The molecule has 0 aliphatic carbocycles. The van der Waals surface area contributed by atoms with E-state index in [1.54, 1.807) is 0 Å². The molecule has 0 N–H and O–H groups in total. The molecule has 0 aliphatic rings. The summed E-state index contributed by atoms with van der Waals surface area (Å²) >= 11 is -1.03. The van der Waals surface area contributed by atoms with Crippen molar-refractivity contribution in [3.8, 4) is 0 Å². The van der Waals surface area contributed by atoms with Gasteiger partial charge in [0.2, 0.25) is 0 Å². The molecular weight excluding hydrogens is 343 g/mol. The zero-order valence-corrected chi connectivity index (χ0v) is 21.2. The lowest BCUT2D eigenvalue weighted by molar-refractivity contribution is 0.314. The summed E-state index contributed by atoms with van der Waals surface area (Å²) in [6, 6.07) is 0. The van der Waals surface area contributed by atoms with E-state index in [0.717, 1.165) is 5.92 Å². The van der Waals surface area contributed by atoms with Crippen molar-refractivity contribution >= 4 is 14.6 Å². The molecule has 0 atom stereocenters. The monoisotopic (exact) mass is 396 g/mol. The van der Waals surface area contributed by atoms with E-state index in [1.165, 1.54) is 109 Å². The van der Waals surface area contributed by atoms with Crippen molar-refractivity contribution in [2.45, 2.75) is 124 Å². The fourth-order valence-corrected chi connectivity index (χ4v) is 7.85. The fourth-order valence-electron chi connectivity index (χ4n) is 4.03. The SMILES string of the molecule is CCCCC[N](CCCCC)[Al]([CH2]C(C)C)[N](CCCCC)CCCCC. The maximum atomic E-state index is 3.02. The van der Waals surface area contributed by atoms with Crippen LogP contribution in [-0.4, -0.2) is 48.5 Å². The minimum absolute atomic E-state index is 0.835. The molecule has 0 saturated carbocycles. The smallest absolute Gasteiger partial charge is 0.371 e. The van der Waals surface area contributed by atoms with Crippen LogP contribution in [0.5, 0.6) is 0 Å². The first-order valence-electron chi connectivity index (χ1n) is 12.6. The van der Waals surface area contributed by atoms with E-state index in [4.69, 9.17) is 0 Å². The van der Waals surface area contributed by atoms with Crippen LogP contribution in [0.1, 0.15) is 119 Å². The summed E-state index contributed by atoms with van der Waals surface area (Å²) in [5.74, 6) is 0.835. The number of nitrogens with zero attached hydrogens (tertiary/aromatic N) is 2. The van der Waals surface area contributed by atoms with Crippen molar-refractivity contribution in [1.29, 1.82) is 0 Å². The highest BCUT2D eigenvalue weighted by molar-refractivity contribution is 6.52. The molecule has 3 heteroatoms. The molecule has 0 aromatic heterocycles. The molecule has 0 unspecified atom stereocenters. The van der Waals surface area contributed by atoms with Gasteiger partial charge in [-0.3, -0.25) is 0 Å². The quantitative estimate of drug-likeness (QED) is 0.155. The first-order valence-corrected chi connectivity index (χ1v) is 14.4. The lowest BCUT2D eigenvalue weighted by Crippen LogP contribution is -2.54. The van der Waals surface area contributed by atoms with E-state index in [9.17, 15) is 0 Å². The van der Waals surface area contributed by atoms with Crippen molar-refractivity contribution < 1.29 is 0 Å². The molecule has 0 rings (SSSR count). The van der Waals surface area contributed by atoms with E-state index < -0.39 is 14.6 Å². The Balaban J connectivity index is 5.17. The molecule has 162 valence electrons. The van der Waals surface area contributed by atoms with E-state index in [2.05, 4.69) is 49.3 Å². The van der Waals surface area contributed by atoms with Crippen molar-refractivity contribution in [3.63, 3.8) is 0 Å². The predicted octanol–water partition coefficient (Wildman–Crippen LogP) is 7.50. The van der Waals surface area contributed by atoms with Crippen molar-refractivity contribution in [3.05, 3.63) is 0 Å². The van der Waals surface area contributed by atoms with Crippen LogP contribution in [0.2, 0.25) is 5.28 Å². The normalized spacial score (nSPS) is 11.9. The molecule has 0 heterocycles. The third-order valence-corrected chi connectivity index (χ3v) is 9.80. The van der Waals surface area contributed by atoms with Crippen LogP contribution >= 0.6 is 0 Å². The summed E-state index contributed by atoms with van der Waals surface area (Å²) in [7, 11) is 0. The Morgan fingerprint density at radius 2 is 0.815 bits per heavy atom. The second kappa shape index (κ2) is 19.8. The second-order valence-electron chi connectivity index (χ2n) is 9.01. The predicted molar refractivity (Wildman–Crippen MR) is 127 cm³/mol. The minimum atomic E-state index is -1.03. The summed E-state index contributed by atoms with van der Waals surface area (Å²) in [5, 5.41) is 1.47. The van der Waals surface area contributed by atoms with E-state index in [-0.39, 0.29) is 0 Å². The molecule has 0 radical (unpaired) electrons. The summed E-state index contributed by atoms with van der Waals surface area (Å²) in [5.41, 5.74) is 0. The van der Waals surface area contributed by atoms with Gasteiger partial charge in [-0.25, -0.2) is 0 Å². The molecule has 0 spiro atoms. The molecule has 0 saturated heterocycles. The Labute approximate surface area is 178 Å².